The minimum absolute atomic E-state index is 0.169. The zero-order valence-corrected chi connectivity index (χ0v) is 11.2. The molecule has 3 rings (SSSR count). The summed E-state index contributed by atoms with van der Waals surface area (Å²) in [4.78, 5) is 6.79. The molecule has 3 nitrogen and oxygen atoms in total. The molecule has 1 aromatic rings. The Hall–Kier alpha value is -1.35. The fraction of sp³-hybridized carbons (Fsp3) is 0.533. The molecule has 18 heavy (non-hydrogen) atoms. The second kappa shape index (κ2) is 4.39. The fourth-order valence-corrected chi connectivity index (χ4v) is 2.97. The van der Waals surface area contributed by atoms with E-state index in [0.29, 0.717) is 0 Å². The third-order valence-corrected chi connectivity index (χ3v) is 4.21. The van der Waals surface area contributed by atoms with E-state index >= 15 is 0 Å². The van der Waals surface area contributed by atoms with Gasteiger partial charge in [0.15, 0.2) is 0 Å². The van der Waals surface area contributed by atoms with Crippen molar-refractivity contribution in [1.82, 2.24) is 10.2 Å². The summed E-state index contributed by atoms with van der Waals surface area (Å²) in [6.07, 6.45) is 2.50. The van der Waals surface area contributed by atoms with Crippen LogP contribution >= 0.6 is 0 Å². The van der Waals surface area contributed by atoms with E-state index in [1.165, 1.54) is 24.0 Å². The van der Waals surface area contributed by atoms with Gasteiger partial charge in [0.1, 0.15) is 5.84 Å². The van der Waals surface area contributed by atoms with Gasteiger partial charge in [-0.05, 0) is 31.9 Å². The van der Waals surface area contributed by atoms with Gasteiger partial charge in [0.05, 0.1) is 6.54 Å². The topological polar surface area (TPSA) is 27.6 Å². The molecule has 2 heterocycles. The first-order valence-electron chi connectivity index (χ1n) is 6.81. The summed E-state index contributed by atoms with van der Waals surface area (Å²) < 4.78 is 0. The van der Waals surface area contributed by atoms with Crippen molar-refractivity contribution in [2.24, 2.45) is 4.99 Å². The van der Waals surface area contributed by atoms with Gasteiger partial charge in [-0.1, -0.05) is 24.3 Å². The Bertz CT molecular complexity index is 455. The molecule has 0 amide bonds. The van der Waals surface area contributed by atoms with Crippen molar-refractivity contribution in [3.8, 4) is 0 Å². The number of rotatable bonds is 2. The van der Waals surface area contributed by atoms with E-state index in [2.05, 4.69) is 53.4 Å². The molecule has 1 fully saturated rings. The van der Waals surface area contributed by atoms with Gasteiger partial charge in [-0.2, -0.15) is 0 Å². The Labute approximate surface area is 109 Å². The quantitative estimate of drug-likeness (QED) is 0.860. The highest BCUT2D eigenvalue weighted by Crippen LogP contribution is 2.30. The largest absolute Gasteiger partial charge is 0.358 e. The van der Waals surface area contributed by atoms with Gasteiger partial charge in [0.25, 0.3) is 0 Å². The zero-order valence-electron chi connectivity index (χ0n) is 11.2. The van der Waals surface area contributed by atoms with Crippen molar-refractivity contribution in [3.63, 3.8) is 0 Å². The lowest BCUT2D eigenvalue weighted by Gasteiger charge is -2.25. The smallest absolute Gasteiger partial charge is 0.130 e. The normalized spacial score (nSPS) is 27.7. The van der Waals surface area contributed by atoms with E-state index in [4.69, 9.17) is 0 Å². The maximum Gasteiger partial charge on any atom is 0.130 e. The number of nitrogens with zero attached hydrogens (tertiary/aromatic N) is 2. The monoisotopic (exact) mass is 243 g/mol. The van der Waals surface area contributed by atoms with E-state index in [-0.39, 0.29) is 5.54 Å². The Kier molecular flexibility index (Phi) is 2.86. The third kappa shape index (κ3) is 1.93. The molecule has 0 aliphatic carbocycles. The van der Waals surface area contributed by atoms with Crippen LogP contribution in [0.5, 0.6) is 0 Å². The third-order valence-electron chi connectivity index (χ3n) is 4.21. The van der Waals surface area contributed by atoms with Gasteiger partial charge in [-0.25, -0.2) is 0 Å². The Morgan fingerprint density at radius 2 is 2.06 bits per heavy atom. The molecule has 0 spiro atoms. The van der Waals surface area contributed by atoms with Crippen LogP contribution in [-0.4, -0.2) is 37.4 Å². The zero-order chi connectivity index (χ0) is 12.6. The van der Waals surface area contributed by atoms with E-state index in [1.807, 2.05) is 0 Å². The van der Waals surface area contributed by atoms with Gasteiger partial charge in [0.2, 0.25) is 0 Å². The molecule has 1 saturated heterocycles. The lowest BCUT2D eigenvalue weighted by atomic mass is 9.90. The summed E-state index contributed by atoms with van der Waals surface area (Å²) in [5.41, 5.74) is 2.80. The number of amidine groups is 1. The van der Waals surface area contributed by atoms with Crippen LogP contribution in [0, 0.1) is 0 Å². The standard InChI is InChI=1S/C15H21N3/c1-15(8-3-9-17-15)13-6-4-12(5-7-13)14-16-10-11-18(14)2/h4-7,17H,3,8-11H2,1-2H3. The van der Waals surface area contributed by atoms with Crippen molar-refractivity contribution in [2.75, 3.05) is 26.7 Å². The molecule has 0 radical (unpaired) electrons. The first-order valence-corrected chi connectivity index (χ1v) is 6.81. The van der Waals surface area contributed by atoms with Crippen molar-refractivity contribution < 1.29 is 0 Å². The summed E-state index contributed by atoms with van der Waals surface area (Å²) >= 11 is 0. The van der Waals surface area contributed by atoms with E-state index in [9.17, 15) is 0 Å². The highest BCUT2D eigenvalue weighted by atomic mass is 15.2. The van der Waals surface area contributed by atoms with Crippen LogP contribution in [0.25, 0.3) is 0 Å². The van der Waals surface area contributed by atoms with Crippen LogP contribution < -0.4 is 5.32 Å². The van der Waals surface area contributed by atoms with Gasteiger partial charge in [0, 0.05) is 24.7 Å². The molecular formula is C15H21N3. The van der Waals surface area contributed by atoms with Gasteiger partial charge < -0.3 is 10.2 Å². The average molecular weight is 243 g/mol. The van der Waals surface area contributed by atoms with Crippen molar-refractivity contribution in [1.29, 1.82) is 0 Å². The predicted molar refractivity (Wildman–Crippen MR) is 75.1 cm³/mol. The number of benzene rings is 1. The Morgan fingerprint density at radius 1 is 1.28 bits per heavy atom. The van der Waals surface area contributed by atoms with E-state index < -0.39 is 0 Å². The SMILES string of the molecule is CN1CCN=C1c1ccc(C2(C)CCCN2)cc1. The molecule has 1 N–H and O–H groups in total. The molecule has 2 aliphatic heterocycles. The molecule has 0 aromatic heterocycles. The Balaban J connectivity index is 1.85. The van der Waals surface area contributed by atoms with Crippen LogP contribution in [0.3, 0.4) is 0 Å². The summed E-state index contributed by atoms with van der Waals surface area (Å²) in [5.74, 6) is 1.13. The van der Waals surface area contributed by atoms with Crippen LogP contribution in [0.1, 0.15) is 30.9 Å². The number of hydrogen-bond donors (Lipinski definition) is 1. The predicted octanol–water partition coefficient (Wildman–Crippen LogP) is 1.98. The van der Waals surface area contributed by atoms with Crippen LogP contribution in [0.15, 0.2) is 29.3 Å². The summed E-state index contributed by atoms with van der Waals surface area (Å²) in [7, 11) is 2.11. The van der Waals surface area contributed by atoms with Crippen molar-refractivity contribution >= 4 is 5.84 Å². The Morgan fingerprint density at radius 3 is 2.61 bits per heavy atom. The summed E-state index contributed by atoms with van der Waals surface area (Å²) in [6.45, 7) is 5.39. The minimum Gasteiger partial charge on any atom is -0.358 e. The maximum atomic E-state index is 4.56. The molecule has 0 saturated carbocycles. The van der Waals surface area contributed by atoms with Gasteiger partial charge in [-0.15, -0.1) is 0 Å². The van der Waals surface area contributed by atoms with Crippen molar-refractivity contribution in [2.45, 2.75) is 25.3 Å². The first-order chi connectivity index (χ1) is 8.69. The second-order valence-electron chi connectivity index (χ2n) is 5.57. The fourth-order valence-electron chi connectivity index (χ4n) is 2.97. The molecule has 1 aromatic carbocycles. The highest BCUT2D eigenvalue weighted by Gasteiger charge is 2.29. The molecule has 3 heteroatoms. The molecule has 1 unspecified atom stereocenters. The number of likely N-dealkylation sites (N-methyl/N-ethyl adjacent to an activating group) is 1. The van der Waals surface area contributed by atoms with Crippen molar-refractivity contribution in [3.05, 3.63) is 35.4 Å². The minimum atomic E-state index is 0.169. The van der Waals surface area contributed by atoms with Crippen LogP contribution in [0.2, 0.25) is 0 Å². The lowest BCUT2D eigenvalue weighted by Crippen LogP contribution is -2.33. The molecule has 2 aliphatic rings. The summed E-state index contributed by atoms with van der Waals surface area (Å²) in [5, 5.41) is 3.61. The van der Waals surface area contributed by atoms with E-state index in [0.717, 1.165) is 25.5 Å². The molecule has 0 bridgehead atoms. The van der Waals surface area contributed by atoms with E-state index in [1.54, 1.807) is 0 Å². The number of nitrogens with one attached hydrogen (secondary N) is 1. The molecule has 96 valence electrons. The number of aliphatic imine (C=N–C) groups is 1. The van der Waals surface area contributed by atoms with Gasteiger partial charge >= 0.3 is 0 Å². The lowest BCUT2D eigenvalue weighted by molar-refractivity contribution is 0.435. The summed E-state index contributed by atoms with van der Waals surface area (Å²) in [6, 6.07) is 8.92. The van der Waals surface area contributed by atoms with Crippen LogP contribution in [0.4, 0.5) is 0 Å². The van der Waals surface area contributed by atoms with Crippen LogP contribution in [-0.2, 0) is 5.54 Å². The molecule has 1 atom stereocenters. The highest BCUT2D eigenvalue weighted by molar-refractivity contribution is 5.99. The van der Waals surface area contributed by atoms with Gasteiger partial charge in [-0.3, -0.25) is 4.99 Å². The second-order valence-corrected chi connectivity index (χ2v) is 5.57. The number of hydrogen-bond acceptors (Lipinski definition) is 3. The average Bonchev–Trinajstić information content (AvgIpc) is 2.99. The molecular weight excluding hydrogens is 222 g/mol. The first kappa shape index (κ1) is 11.7. The maximum absolute atomic E-state index is 4.56.